The number of rotatable bonds is 4. The van der Waals surface area contributed by atoms with Crippen LogP contribution in [0.5, 0.6) is 0 Å². The predicted molar refractivity (Wildman–Crippen MR) is 40.8 cm³/mol. The first-order valence-corrected chi connectivity index (χ1v) is 3.57. The number of hydrogen-bond acceptors (Lipinski definition) is 1. The van der Waals surface area contributed by atoms with E-state index in [0.29, 0.717) is 0 Å². The molecule has 0 fully saturated rings. The van der Waals surface area contributed by atoms with Gasteiger partial charge < -0.3 is 4.90 Å². The lowest BCUT2D eigenvalue weighted by atomic mass is 9.82. The molecule has 0 saturated carbocycles. The van der Waals surface area contributed by atoms with E-state index in [4.69, 9.17) is 0 Å². The Kier molecular flexibility index (Phi) is 5.18. The van der Waals surface area contributed by atoms with Crippen molar-refractivity contribution in [3.8, 4) is 0 Å². The van der Waals surface area contributed by atoms with Crippen LogP contribution in [0.15, 0.2) is 0 Å². The zero-order valence-corrected chi connectivity index (χ0v) is 6.28. The Morgan fingerprint density at radius 3 is 1.88 bits per heavy atom. The third kappa shape index (κ3) is 3.08. The monoisotopic (exact) mass is 113 g/mol. The van der Waals surface area contributed by atoms with Gasteiger partial charge in [0.25, 0.3) is 0 Å². The van der Waals surface area contributed by atoms with E-state index in [-0.39, 0.29) is 0 Å². The van der Waals surface area contributed by atoms with Gasteiger partial charge in [0.1, 0.15) is 7.28 Å². The van der Waals surface area contributed by atoms with Gasteiger partial charge in [0.2, 0.25) is 0 Å². The maximum absolute atomic E-state index is 2.43. The van der Waals surface area contributed by atoms with Gasteiger partial charge in [-0.1, -0.05) is 20.7 Å². The summed E-state index contributed by atoms with van der Waals surface area (Å²) in [5.41, 5.74) is 0. The summed E-state index contributed by atoms with van der Waals surface area (Å²) in [6.45, 7) is 9.03. The molecule has 1 nitrogen and oxygen atoms in total. The SMILES string of the molecule is CBCN(CC)CC. The van der Waals surface area contributed by atoms with Gasteiger partial charge in [-0.05, 0) is 19.5 Å². The van der Waals surface area contributed by atoms with Crippen LogP contribution in [-0.4, -0.2) is 31.7 Å². The van der Waals surface area contributed by atoms with Crippen molar-refractivity contribution in [2.24, 2.45) is 0 Å². The Hall–Kier alpha value is 0.0249. The van der Waals surface area contributed by atoms with Gasteiger partial charge in [0.15, 0.2) is 0 Å². The van der Waals surface area contributed by atoms with E-state index >= 15 is 0 Å². The Morgan fingerprint density at radius 2 is 1.75 bits per heavy atom. The van der Waals surface area contributed by atoms with Crippen molar-refractivity contribution >= 4 is 7.28 Å². The summed E-state index contributed by atoms with van der Waals surface area (Å²) in [6, 6.07) is 0. The second-order valence-corrected chi connectivity index (χ2v) is 2.03. The topological polar surface area (TPSA) is 3.24 Å². The molecule has 0 saturated heterocycles. The van der Waals surface area contributed by atoms with Gasteiger partial charge in [-0.25, -0.2) is 0 Å². The van der Waals surface area contributed by atoms with Crippen molar-refractivity contribution in [2.45, 2.75) is 20.7 Å². The lowest BCUT2D eigenvalue weighted by Gasteiger charge is -2.15. The molecular formula is C6H16BN. The van der Waals surface area contributed by atoms with Crippen molar-refractivity contribution in [3.05, 3.63) is 0 Å². The van der Waals surface area contributed by atoms with E-state index in [2.05, 4.69) is 25.6 Å². The molecule has 2 heteroatoms. The predicted octanol–water partition coefficient (Wildman–Crippen LogP) is 0.770. The fourth-order valence-electron chi connectivity index (χ4n) is 0.856. The normalized spacial score (nSPS) is 10.0. The first-order valence-electron chi connectivity index (χ1n) is 3.57. The molecule has 0 aromatic heterocycles. The highest BCUT2D eigenvalue weighted by Gasteiger charge is 1.93. The van der Waals surface area contributed by atoms with Crippen molar-refractivity contribution in [1.82, 2.24) is 4.90 Å². The molecule has 0 unspecified atom stereocenters. The number of nitrogens with zero attached hydrogens (tertiary/aromatic N) is 1. The van der Waals surface area contributed by atoms with Gasteiger partial charge in [-0.3, -0.25) is 0 Å². The summed E-state index contributed by atoms with van der Waals surface area (Å²) >= 11 is 0. The van der Waals surface area contributed by atoms with Crippen LogP contribution in [-0.2, 0) is 0 Å². The highest BCUT2D eigenvalue weighted by molar-refractivity contribution is 6.33. The summed E-state index contributed by atoms with van der Waals surface area (Å²) < 4.78 is 0. The van der Waals surface area contributed by atoms with Crippen LogP contribution in [0, 0.1) is 0 Å². The Morgan fingerprint density at radius 1 is 1.25 bits per heavy atom. The minimum absolute atomic E-state index is 1.20. The zero-order valence-electron chi connectivity index (χ0n) is 6.28. The average Bonchev–Trinajstić information content (AvgIpc) is 1.83. The van der Waals surface area contributed by atoms with Crippen molar-refractivity contribution in [2.75, 3.05) is 19.5 Å². The minimum atomic E-state index is 1.20. The Balaban J connectivity index is 3.07. The molecule has 0 spiro atoms. The third-order valence-corrected chi connectivity index (χ3v) is 1.43. The van der Waals surface area contributed by atoms with Crippen LogP contribution in [0.3, 0.4) is 0 Å². The second-order valence-electron chi connectivity index (χ2n) is 2.03. The van der Waals surface area contributed by atoms with E-state index in [1.807, 2.05) is 0 Å². The van der Waals surface area contributed by atoms with Crippen LogP contribution >= 0.6 is 0 Å². The molecule has 0 aliphatic heterocycles. The van der Waals surface area contributed by atoms with Crippen LogP contribution < -0.4 is 0 Å². The van der Waals surface area contributed by atoms with Crippen LogP contribution in [0.25, 0.3) is 0 Å². The highest BCUT2D eigenvalue weighted by atomic mass is 15.1. The third-order valence-electron chi connectivity index (χ3n) is 1.43. The largest absolute Gasteiger partial charge is 0.312 e. The van der Waals surface area contributed by atoms with Gasteiger partial charge in [0.05, 0.1) is 0 Å². The minimum Gasteiger partial charge on any atom is -0.312 e. The molecule has 0 bridgehead atoms. The summed E-state index contributed by atoms with van der Waals surface area (Å²) in [7, 11) is 1.28. The van der Waals surface area contributed by atoms with E-state index < -0.39 is 0 Å². The smallest absolute Gasteiger partial charge is 0.135 e. The van der Waals surface area contributed by atoms with Gasteiger partial charge in [-0.2, -0.15) is 0 Å². The summed E-state index contributed by atoms with van der Waals surface area (Å²) in [5.74, 6) is 0. The maximum atomic E-state index is 2.43. The van der Waals surface area contributed by atoms with Gasteiger partial charge >= 0.3 is 0 Å². The van der Waals surface area contributed by atoms with Gasteiger partial charge in [-0.15, -0.1) is 0 Å². The van der Waals surface area contributed by atoms with Gasteiger partial charge in [0, 0.05) is 0 Å². The fourth-order valence-corrected chi connectivity index (χ4v) is 0.856. The van der Waals surface area contributed by atoms with Crippen molar-refractivity contribution in [1.29, 1.82) is 0 Å². The maximum Gasteiger partial charge on any atom is 0.135 e. The number of hydrogen-bond donors (Lipinski definition) is 0. The Labute approximate surface area is 53.3 Å². The Bertz CT molecular complexity index is 43.8. The summed E-state index contributed by atoms with van der Waals surface area (Å²) in [6.07, 6.45) is 1.26. The standard InChI is InChI=1S/C6H16BN/c1-4-8(5-2)6-7-3/h7H,4-6H2,1-3H3. The van der Waals surface area contributed by atoms with Crippen molar-refractivity contribution < 1.29 is 0 Å². The molecule has 0 atom stereocenters. The van der Waals surface area contributed by atoms with Crippen molar-refractivity contribution in [3.63, 3.8) is 0 Å². The molecule has 0 N–H and O–H groups in total. The summed E-state index contributed by atoms with van der Waals surface area (Å²) in [4.78, 5) is 2.43. The molecule has 8 heavy (non-hydrogen) atoms. The highest BCUT2D eigenvalue weighted by Crippen LogP contribution is 1.82. The van der Waals surface area contributed by atoms with E-state index in [0.717, 1.165) is 0 Å². The molecule has 48 valence electrons. The van der Waals surface area contributed by atoms with Crippen LogP contribution in [0.2, 0.25) is 6.82 Å². The first-order chi connectivity index (χ1) is 3.85. The van der Waals surface area contributed by atoms with Crippen LogP contribution in [0.1, 0.15) is 13.8 Å². The molecule has 0 aromatic carbocycles. The van der Waals surface area contributed by atoms with E-state index in [9.17, 15) is 0 Å². The molecule has 0 rings (SSSR count). The molecule has 0 radical (unpaired) electrons. The summed E-state index contributed by atoms with van der Waals surface area (Å²) in [5, 5.41) is 0. The lowest BCUT2D eigenvalue weighted by molar-refractivity contribution is 0.353. The van der Waals surface area contributed by atoms with Crippen LogP contribution in [0.4, 0.5) is 0 Å². The van der Waals surface area contributed by atoms with E-state index in [1.165, 1.54) is 26.8 Å². The second kappa shape index (κ2) is 5.17. The fraction of sp³-hybridized carbons (Fsp3) is 1.00. The zero-order chi connectivity index (χ0) is 6.41. The molecule has 0 aliphatic carbocycles. The van der Waals surface area contributed by atoms with E-state index in [1.54, 1.807) is 0 Å². The average molecular weight is 113 g/mol. The molecule has 0 aromatic rings. The molecular weight excluding hydrogens is 96.9 g/mol. The first kappa shape index (κ1) is 8.02. The molecule has 0 aliphatic rings. The molecule has 0 amide bonds. The molecule has 0 heterocycles. The quantitative estimate of drug-likeness (QED) is 0.486. The lowest BCUT2D eigenvalue weighted by Crippen LogP contribution is -2.26.